The van der Waals surface area contributed by atoms with E-state index in [0.717, 1.165) is 53.7 Å². The van der Waals surface area contributed by atoms with Crippen LogP contribution >= 0.6 is 11.6 Å². The molecule has 1 fully saturated rings. The average molecular weight is 577 g/mol. The number of likely N-dealkylation sites (tertiary alicyclic amines) is 1. The first-order valence-electron chi connectivity index (χ1n) is 14.1. The van der Waals surface area contributed by atoms with Crippen molar-refractivity contribution in [3.8, 4) is 11.5 Å². The standard InChI is InChI=1S/C33H37ClN2O5/c1-21(2)41-30-18-28-23(16-29(30)40-4)17-31(38)36(32(28)22-7-11-26(34)12-8-22)27-13-9-24(10-14-27)33(3,39)25-6-5-15-35(19-25)20-37/h7-14,16,18,20-21,25,32,39H,5-6,15,17,19H2,1-4H3/t25?,32-,33+/m0/s1. The lowest BCUT2D eigenvalue weighted by molar-refractivity contribution is -0.122. The molecule has 1 unspecified atom stereocenters. The predicted octanol–water partition coefficient (Wildman–Crippen LogP) is 5.89. The van der Waals surface area contributed by atoms with E-state index >= 15 is 0 Å². The number of fused-ring (bicyclic) bond motifs is 1. The summed E-state index contributed by atoms with van der Waals surface area (Å²) in [5, 5.41) is 12.2. The minimum absolute atomic E-state index is 0.0505. The molecule has 3 aromatic rings. The maximum absolute atomic E-state index is 13.8. The van der Waals surface area contributed by atoms with Crippen molar-refractivity contribution in [3.63, 3.8) is 0 Å². The Morgan fingerprint density at radius 3 is 2.41 bits per heavy atom. The van der Waals surface area contributed by atoms with E-state index in [0.29, 0.717) is 23.1 Å². The Bertz CT molecular complexity index is 1400. The second-order valence-electron chi connectivity index (χ2n) is 11.4. The largest absolute Gasteiger partial charge is 0.493 e. The normalized spacial score (nSPS) is 20.4. The van der Waals surface area contributed by atoms with Crippen LogP contribution in [0.1, 0.15) is 61.9 Å². The lowest BCUT2D eigenvalue weighted by Gasteiger charge is -2.40. The molecule has 2 heterocycles. The van der Waals surface area contributed by atoms with Gasteiger partial charge in [0, 0.05) is 29.7 Å². The molecule has 7 nitrogen and oxygen atoms in total. The Morgan fingerprint density at radius 2 is 1.78 bits per heavy atom. The maximum Gasteiger partial charge on any atom is 0.232 e. The number of rotatable bonds is 8. The first-order valence-corrected chi connectivity index (χ1v) is 14.5. The molecule has 0 saturated carbocycles. The highest BCUT2D eigenvalue weighted by Crippen LogP contribution is 2.44. The Hall–Kier alpha value is -3.55. The van der Waals surface area contributed by atoms with Crippen LogP contribution in [0.5, 0.6) is 11.5 Å². The van der Waals surface area contributed by atoms with Gasteiger partial charge < -0.3 is 24.4 Å². The summed E-state index contributed by atoms with van der Waals surface area (Å²) in [4.78, 5) is 28.7. The van der Waals surface area contributed by atoms with E-state index in [1.54, 1.807) is 12.0 Å². The molecule has 0 radical (unpaired) electrons. The van der Waals surface area contributed by atoms with Gasteiger partial charge in [0.25, 0.3) is 0 Å². The second-order valence-corrected chi connectivity index (χ2v) is 11.8. The molecule has 0 aromatic heterocycles. The van der Waals surface area contributed by atoms with Crippen LogP contribution in [0.25, 0.3) is 0 Å². The smallest absolute Gasteiger partial charge is 0.232 e. The molecule has 8 heteroatoms. The van der Waals surface area contributed by atoms with Crippen LogP contribution in [0, 0.1) is 5.92 Å². The number of halogens is 1. The number of hydrogen-bond acceptors (Lipinski definition) is 5. The zero-order valence-corrected chi connectivity index (χ0v) is 24.7. The lowest BCUT2D eigenvalue weighted by Crippen LogP contribution is -2.44. The third kappa shape index (κ3) is 5.79. The third-order valence-electron chi connectivity index (χ3n) is 8.26. The fraction of sp³-hybridized carbons (Fsp3) is 0.394. The first-order chi connectivity index (χ1) is 19.6. The second kappa shape index (κ2) is 11.7. The molecular weight excluding hydrogens is 540 g/mol. The quantitative estimate of drug-likeness (QED) is 0.338. The third-order valence-corrected chi connectivity index (χ3v) is 8.52. The Balaban J connectivity index is 1.55. The van der Waals surface area contributed by atoms with Gasteiger partial charge in [0.05, 0.1) is 31.3 Å². The molecule has 1 N–H and O–H groups in total. The van der Waals surface area contributed by atoms with Gasteiger partial charge in [-0.3, -0.25) is 9.59 Å². The first kappa shape index (κ1) is 29.0. The summed E-state index contributed by atoms with van der Waals surface area (Å²) in [7, 11) is 1.60. The van der Waals surface area contributed by atoms with Crippen LogP contribution in [-0.4, -0.2) is 48.6 Å². The van der Waals surface area contributed by atoms with Gasteiger partial charge in [0.15, 0.2) is 11.5 Å². The summed E-state index contributed by atoms with van der Waals surface area (Å²) >= 11 is 6.23. The van der Waals surface area contributed by atoms with E-state index in [9.17, 15) is 14.7 Å². The van der Waals surface area contributed by atoms with Gasteiger partial charge in [-0.1, -0.05) is 35.9 Å². The number of aliphatic hydroxyl groups is 1. The monoisotopic (exact) mass is 576 g/mol. The van der Waals surface area contributed by atoms with Crippen molar-refractivity contribution in [1.82, 2.24) is 4.90 Å². The number of hydrogen-bond donors (Lipinski definition) is 1. The van der Waals surface area contributed by atoms with Gasteiger partial charge in [-0.15, -0.1) is 0 Å². The molecular formula is C33H37ClN2O5. The number of anilines is 1. The number of piperidine rings is 1. The fourth-order valence-corrected chi connectivity index (χ4v) is 6.21. The van der Waals surface area contributed by atoms with Crippen LogP contribution in [-0.2, 0) is 21.6 Å². The van der Waals surface area contributed by atoms with E-state index in [-0.39, 0.29) is 24.3 Å². The van der Waals surface area contributed by atoms with Crippen molar-refractivity contribution in [2.24, 2.45) is 5.92 Å². The highest BCUT2D eigenvalue weighted by molar-refractivity contribution is 6.30. The van der Waals surface area contributed by atoms with E-state index in [2.05, 4.69) is 0 Å². The zero-order chi connectivity index (χ0) is 29.3. The van der Waals surface area contributed by atoms with E-state index in [4.69, 9.17) is 21.1 Å². The summed E-state index contributed by atoms with van der Waals surface area (Å²) in [5.74, 6) is 1.09. The summed E-state index contributed by atoms with van der Waals surface area (Å²) in [6, 6.07) is 18.6. The van der Waals surface area contributed by atoms with Crippen molar-refractivity contribution >= 4 is 29.6 Å². The summed E-state index contributed by atoms with van der Waals surface area (Å²) in [6.45, 7) is 6.97. The number of carbonyl (C=O) groups is 2. The number of nitrogens with zero attached hydrogens (tertiary/aromatic N) is 2. The molecule has 1 saturated heterocycles. The SMILES string of the molecule is COc1cc2c(cc1OC(C)C)[C@H](c1ccc(Cl)cc1)N(c1ccc([C@@](C)(O)C3CCCN(C=O)C3)cc1)C(=O)C2. The van der Waals surface area contributed by atoms with Gasteiger partial charge in [0.1, 0.15) is 0 Å². The molecule has 5 rings (SSSR count). The van der Waals surface area contributed by atoms with Crippen LogP contribution in [0.4, 0.5) is 5.69 Å². The zero-order valence-electron chi connectivity index (χ0n) is 24.0. The molecule has 2 aliphatic rings. The maximum atomic E-state index is 13.8. The topological polar surface area (TPSA) is 79.3 Å². The minimum Gasteiger partial charge on any atom is -0.493 e. The van der Waals surface area contributed by atoms with Crippen LogP contribution in [0.15, 0.2) is 60.7 Å². The summed E-state index contributed by atoms with van der Waals surface area (Å²) < 4.78 is 11.7. The number of benzene rings is 3. The van der Waals surface area contributed by atoms with E-state index < -0.39 is 11.6 Å². The van der Waals surface area contributed by atoms with Crippen molar-refractivity contribution in [1.29, 1.82) is 0 Å². The van der Waals surface area contributed by atoms with Crippen LogP contribution < -0.4 is 14.4 Å². The molecule has 3 atom stereocenters. The fourth-order valence-electron chi connectivity index (χ4n) is 6.09. The minimum atomic E-state index is -1.12. The van der Waals surface area contributed by atoms with Gasteiger partial charge in [-0.05, 0) is 92.3 Å². The number of amides is 2. The van der Waals surface area contributed by atoms with Crippen LogP contribution in [0.2, 0.25) is 5.02 Å². The molecule has 0 aliphatic carbocycles. The lowest BCUT2D eigenvalue weighted by atomic mass is 9.78. The van der Waals surface area contributed by atoms with Crippen molar-refractivity contribution in [2.75, 3.05) is 25.1 Å². The highest BCUT2D eigenvalue weighted by atomic mass is 35.5. The van der Waals surface area contributed by atoms with Crippen molar-refractivity contribution < 1.29 is 24.2 Å². The molecule has 2 amide bonds. The molecule has 0 spiro atoms. The van der Waals surface area contributed by atoms with Gasteiger partial charge in [0.2, 0.25) is 12.3 Å². The Morgan fingerprint density at radius 1 is 1.07 bits per heavy atom. The summed E-state index contributed by atoms with van der Waals surface area (Å²) in [5.41, 5.74) is 3.11. The molecule has 216 valence electrons. The number of ether oxygens (including phenoxy) is 2. The average Bonchev–Trinajstić information content (AvgIpc) is 2.96. The van der Waals surface area contributed by atoms with E-state index in [1.165, 1.54) is 0 Å². The number of methoxy groups -OCH3 is 1. The molecule has 2 aliphatic heterocycles. The Kier molecular flexibility index (Phi) is 8.30. The van der Waals surface area contributed by atoms with Gasteiger partial charge >= 0.3 is 0 Å². The molecule has 0 bridgehead atoms. The molecule has 41 heavy (non-hydrogen) atoms. The highest BCUT2D eigenvalue weighted by Gasteiger charge is 2.38. The van der Waals surface area contributed by atoms with Crippen LogP contribution in [0.3, 0.4) is 0 Å². The van der Waals surface area contributed by atoms with E-state index in [1.807, 2.05) is 86.3 Å². The Labute approximate surface area is 246 Å². The number of carbonyl (C=O) groups excluding carboxylic acids is 2. The molecule has 3 aromatic carbocycles. The van der Waals surface area contributed by atoms with Gasteiger partial charge in [-0.25, -0.2) is 0 Å². The summed E-state index contributed by atoms with van der Waals surface area (Å²) in [6.07, 6.45) is 2.70. The van der Waals surface area contributed by atoms with Gasteiger partial charge in [-0.2, -0.15) is 0 Å². The van der Waals surface area contributed by atoms with Crippen molar-refractivity contribution in [2.45, 2.75) is 57.8 Å². The van der Waals surface area contributed by atoms with Crippen molar-refractivity contribution in [3.05, 3.63) is 87.9 Å². The predicted molar refractivity (Wildman–Crippen MR) is 160 cm³/mol.